The van der Waals surface area contributed by atoms with Crippen molar-refractivity contribution in [3.05, 3.63) is 48.0 Å². The van der Waals surface area contributed by atoms with Gasteiger partial charge in [-0.3, -0.25) is 0 Å². The van der Waals surface area contributed by atoms with E-state index in [9.17, 15) is 0 Å². The molecule has 3 rings (SSSR count). The second-order valence-corrected chi connectivity index (χ2v) is 5.49. The molecule has 1 nitrogen and oxygen atoms in total. The van der Waals surface area contributed by atoms with Crippen LogP contribution in [0.1, 0.15) is 43.7 Å². The van der Waals surface area contributed by atoms with Crippen molar-refractivity contribution in [2.24, 2.45) is 11.7 Å². The van der Waals surface area contributed by atoms with Gasteiger partial charge in [-0.15, -0.1) is 24.8 Å². The van der Waals surface area contributed by atoms with E-state index in [4.69, 9.17) is 5.73 Å². The number of fused-ring (bicyclic) bond motifs is 1. The Balaban J connectivity index is 0.000001000. The third-order valence-corrected chi connectivity index (χ3v) is 4.34. The van der Waals surface area contributed by atoms with Crippen LogP contribution in [-0.4, -0.2) is 0 Å². The molecule has 20 heavy (non-hydrogen) atoms. The summed E-state index contributed by atoms with van der Waals surface area (Å²) in [6.07, 6.45) is 6.68. The standard InChI is InChI=1S/C17H21N.2ClH/c18-17(14-8-2-1-3-9-14)16-12-6-10-13-7-4-5-11-15(13)16;;/h4-7,10-12,14,17H,1-3,8-9,18H2;2*1H. The van der Waals surface area contributed by atoms with E-state index in [-0.39, 0.29) is 30.9 Å². The molecule has 0 heterocycles. The maximum atomic E-state index is 6.54. The quantitative estimate of drug-likeness (QED) is 0.804. The summed E-state index contributed by atoms with van der Waals surface area (Å²) in [7, 11) is 0. The molecule has 1 unspecified atom stereocenters. The summed E-state index contributed by atoms with van der Waals surface area (Å²) in [5, 5.41) is 2.64. The largest absolute Gasteiger partial charge is 0.324 e. The first-order chi connectivity index (χ1) is 8.86. The first kappa shape index (κ1) is 17.3. The van der Waals surface area contributed by atoms with Crippen molar-refractivity contribution in [2.75, 3.05) is 0 Å². The molecule has 1 aliphatic rings. The van der Waals surface area contributed by atoms with Gasteiger partial charge in [0, 0.05) is 6.04 Å². The highest BCUT2D eigenvalue weighted by molar-refractivity contribution is 5.86. The average Bonchev–Trinajstić information content (AvgIpc) is 2.47. The average molecular weight is 312 g/mol. The van der Waals surface area contributed by atoms with Crippen LogP contribution in [0.25, 0.3) is 10.8 Å². The molecule has 2 aromatic carbocycles. The number of hydrogen-bond acceptors (Lipinski definition) is 1. The Morgan fingerprint density at radius 2 is 1.50 bits per heavy atom. The molecule has 0 radical (unpaired) electrons. The molecule has 1 fully saturated rings. The molecule has 1 saturated carbocycles. The zero-order chi connectivity index (χ0) is 12.4. The molecule has 2 N–H and O–H groups in total. The fourth-order valence-electron chi connectivity index (χ4n) is 3.29. The van der Waals surface area contributed by atoms with Crippen molar-refractivity contribution < 1.29 is 0 Å². The summed E-state index contributed by atoms with van der Waals surface area (Å²) < 4.78 is 0. The lowest BCUT2D eigenvalue weighted by atomic mass is 9.80. The molecule has 1 aliphatic carbocycles. The van der Waals surface area contributed by atoms with Crippen molar-refractivity contribution in [1.82, 2.24) is 0 Å². The molecule has 2 aromatic rings. The number of rotatable bonds is 2. The van der Waals surface area contributed by atoms with E-state index in [2.05, 4.69) is 42.5 Å². The minimum Gasteiger partial charge on any atom is -0.324 e. The van der Waals surface area contributed by atoms with Crippen LogP contribution >= 0.6 is 24.8 Å². The lowest BCUT2D eigenvalue weighted by molar-refractivity contribution is 0.309. The van der Waals surface area contributed by atoms with E-state index >= 15 is 0 Å². The number of benzene rings is 2. The zero-order valence-corrected chi connectivity index (χ0v) is 13.3. The van der Waals surface area contributed by atoms with Gasteiger partial charge in [0.25, 0.3) is 0 Å². The van der Waals surface area contributed by atoms with Crippen molar-refractivity contribution in [3.63, 3.8) is 0 Å². The van der Waals surface area contributed by atoms with Crippen LogP contribution in [0.3, 0.4) is 0 Å². The van der Waals surface area contributed by atoms with Crippen LogP contribution in [0.15, 0.2) is 42.5 Å². The Kier molecular flexibility index (Phi) is 6.81. The number of halogens is 2. The lowest BCUT2D eigenvalue weighted by Gasteiger charge is -2.28. The van der Waals surface area contributed by atoms with Gasteiger partial charge in [0.05, 0.1) is 0 Å². The van der Waals surface area contributed by atoms with Crippen LogP contribution in [0.5, 0.6) is 0 Å². The fraction of sp³-hybridized carbons (Fsp3) is 0.412. The van der Waals surface area contributed by atoms with E-state index in [1.807, 2.05) is 0 Å². The third kappa shape index (κ3) is 3.46. The highest BCUT2D eigenvalue weighted by Crippen LogP contribution is 2.35. The Labute approximate surface area is 133 Å². The van der Waals surface area contributed by atoms with Crippen LogP contribution < -0.4 is 5.73 Å². The lowest BCUT2D eigenvalue weighted by Crippen LogP contribution is -2.23. The molecule has 1 atom stereocenters. The Morgan fingerprint density at radius 1 is 0.850 bits per heavy atom. The summed E-state index contributed by atoms with van der Waals surface area (Å²) in [6.45, 7) is 0. The summed E-state index contributed by atoms with van der Waals surface area (Å²) in [5.41, 5.74) is 7.87. The van der Waals surface area contributed by atoms with Crippen LogP contribution in [0.4, 0.5) is 0 Å². The predicted octanol–water partition coefficient (Wildman–Crippen LogP) is 5.26. The first-order valence-corrected chi connectivity index (χ1v) is 7.09. The molecule has 110 valence electrons. The second kappa shape index (κ2) is 7.87. The Morgan fingerprint density at radius 3 is 2.25 bits per heavy atom. The van der Waals surface area contributed by atoms with Gasteiger partial charge in [-0.05, 0) is 35.1 Å². The van der Waals surface area contributed by atoms with Gasteiger partial charge in [-0.2, -0.15) is 0 Å². The van der Waals surface area contributed by atoms with Gasteiger partial charge >= 0.3 is 0 Å². The summed E-state index contributed by atoms with van der Waals surface area (Å²) in [4.78, 5) is 0. The minimum atomic E-state index is 0. The van der Waals surface area contributed by atoms with Gasteiger partial charge < -0.3 is 5.73 Å². The van der Waals surface area contributed by atoms with Gasteiger partial charge in [0.1, 0.15) is 0 Å². The smallest absolute Gasteiger partial charge is 0.0329 e. The van der Waals surface area contributed by atoms with Crippen LogP contribution in [0, 0.1) is 5.92 Å². The molecule has 0 amide bonds. The predicted molar refractivity (Wildman–Crippen MR) is 91.9 cm³/mol. The molecule has 0 saturated heterocycles. The monoisotopic (exact) mass is 311 g/mol. The number of nitrogens with two attached hydrogens (primary N) is 1. The van der Waals surface area contributed by atoms with E-state index in [0.717, 1.165) is 0 Å². The zero-order valence-electron chi connectivity index (χ0n) is 11.6. The van der Waals surface area contributed by atoms with E-state index in [0.29, 0.717) is 5.92 Å². The van der Waals surface area contributed by atoms with Gasteiger partial charge in [0.15, 0.2) is 0 Å². The molecule has 0 aromatic heterocycles. The number of hydrogen-bond donors (Lipinski definition) is 1. The Bertz CT molecular complexity index is 530. The third-order valence-electron chi connectivity index (χ3n) is 4.34. The molecular formula is C17H23Cl2N. The summed E-state index contributed by atoms with van der Waals surface area (Å²) >= 11 is 0. The maximum Gasteiger partial charge on any atom is 0.0329 e. The van der Waals surface area contributed by atoms with Gasteiger partial charge in [0.2, 0.25) is 0 Å². The SMILES string of the molecule is Cl.Cl.NC(c1cccc2ccccc12)C1CCCCC1. The van der Waals surface area contributed by atoms with Crippen molar-refractivity contribution in [3.8, 4) is 0 Å². The molecule has 0 bridgehead atoms. The topological polar surface area (TPSA) is 26.0 Å². The molecule has 3 heteroatoms. The summed E-state index contributed by atoms with van der Waals surface area (Å²) in [5.74, 6) is 0.671. The van der Waals surface area contributed by atoms with Gasteiger partial charge in [-0.1, -0.05) is 61.7 Å². The second-order valence-electron chi connectivity index (χ2n) is 5.49. The highest BCUT2D eigenvalue weighted by atomic mass is 35.5. The molecule has 0 spiro atoms. The van der Waals surface area contributed by atoms with Crippen molar-refractivity contribution in [1.29, 1.82) is 0 Å². The van der Waals surface area contributed by atoms with Crippen LogP contribution in [0.2, 0.25) is 0 Å². The fourth-order valence-corrected chi connectivity index (χ4v) is 3.29. The van der Waals surface area contributed by atoms with Crippen LogP contribution in [-0.2, 0) is 0 Å². The Hall–Kier alpha value is -0.760. The van der Waals surface area contributed by atoms with E-state index < -0.39 is 0 Å². The van der Waals surface area contributed by atoms with Crippen molar-refractivity contribution in [2.45, 2.75) is 38.1 Å². The normalized spacial score (nSPS) is 17.1. The first-order valence-electron chi connectivity index (χ1n) is 7.09. The minimum absolute atomic E-state index is 0. The van der Waals surface area contributed by atoms with E-state index in [1.54, 1.807) is 0 Å². The maximum absolute atomic E-state index is 6.54. The summed E-state index contributed by atoms with van der Waals surface area (Å²) in [6, 6.07) is 15.3. The van der Waals surface area contributed by atoms with Crippen molar-refractivity contribution >= 4 is 35.6 Å². The van der Waals surface area contributed by atoms with E-state index in [1.165, 1.54) is 48.4 Å². The van der Waals surface area contributed by atoms with Gasteiger partial charge in [-0.25, -0.2) is 0 Å². The molecular weight excluding hydrogens is 289 g/mol. The molecule has 0 aliphatic heterocycles. The highest BCUT2D eigenvalue weighted by Gasteiger charge is 2.22.